The fourth-order valence-corrected chi connectivity index (χ4v) is 4.46. The lowest BCUT2D eigenvalue weighted by atomic mass is 9.99. The van der Waals surface area contributed by atoms with Gasteiger partial charge in [0.15, 0.2) is 5.82 Å². The van der Waals surface area contributed by atoms with Crippen LogP contribution in [0.15, 0.2) is 36.8 Å². The minimum absolute atomic E-state index is 0.216. The van der Waals surface area contributed by atoms with Gasteiger partial charge in [-0.05, 0) is 57.4 Å². The van der Waals surface area contributed by atoms with Crippen molar-refractivity contribution in [3.05, 3.63) is 59.2 Å². The molecule has 0 radical (unpaired) electrons. The van der Waals surface area contributed by atoms with E-state index in [2.05, 4.69) is 30.6 Å². The van der Waals surface area contributed by atoms with E-state index in [1.807, 2.05) is 45.9 Å². The van der Waals surface area contributed by atoms with Crippen LogP contribution in [0.5, 0.6) is 0 Å². The molecule has 13 heteroatoms. The Balaban J connectivity index is 1.45. The summed E-state index contributed by atoms with van der Waals surface area (Å²) in [5.74, 6) is 1.23. The highest BCUT2D eigenvalue weighted by molar-refractivity contribution is 7.92. The van der Waals surface area contributed by atoms with Gasteiger partial charge in [0.2, 0.25) is 16.0 Å². The van der Waals surface area contributed by atoms with Crippen molar-refractivity contribution in [2.45, 2.75) is 52.8 Å². The van der Waals surface area contributed by atoms with Crippen molar-refractivity contribution in [1.82, 2.24) is 24.8 Å². The highest BCUT2D eigenvalue weighted by Crippen LogP contribution is 2.26. The van der Waals surface area contributed by atoms with Crippen molar-refractivity contribution in [2.75, 3.05) is 34.8 Å². The first-order valence-corrected chi connectivity index (χ1v) is 14.3. The van der Waals surface area contributed by atoms with Crippen molar-refractivity contribution in [2.24, 2.45) is 0 Å². The molecule has 0 atom stereocenters. The van der Waals surface area contributed by atoms with Crippen LogP contribution in [0.3, 0.4) is 0 Å². The van der Waals surface area contributed by atoms with Crippen molar-refractivity contribution in [1.29, 1.82) is 0 Å². The van der Waals surface area contributed by atoms with E-state index < -0.39 is 15.6 Å². The molecule has 0 saturated heterocycles. The number of benzene rings is 1. The Bertz CT molecular complexity index is 1470. The van der Waals surface area contributed by atoms with Crippen LogP contribution in [0.2, 0.25) is 0 Å². The number of carbonyl (C=O) groups excluding carboxylic acids is 1. The first kappa shape index (κ1) is 28.0. The van der Waals surface area contributed by atoms with E-state index >= 15 is 0 Å². The first-order chi connectivity index (χ1) is 18.3. The smallest absolute Gasteiger partial charge is 0.410 e. The molecule has 3 aromatic rings. The fourth-order valence-electron chi connectivity index (χ4n) is 4.00. The molecule has 39 heavy (non-hydrogen) atoms. The average molecular weight is 555 g/mol. The summed E-state index contributed by atoms with van der Waals surface area (Å²) in [5.41, 5.74) is 3.80. The van der Waals surface area contributed by atoms with E-state index in [4.69, 9.17) is 4.74 Å². The third-order valence-electron chi connectivity index (χ3n) is 6.07. The van der Waals surface area contributed by atoms with Gasteiger partial charge in [-0.25, -0.2) is 23.2 Å². The van der Waals surface area contributed by atoms with Gasteiger partial charge in [0.1, 0.15) is 17.1 Å². The van der Waals surface area contributed by atoms with Crippen LogP contribution in [0.4, 0.5) is 28.1 Å². The van der Waals surface area contributed by atoms with Crippen LogP contribution in [-0.4, -0.2) is 64.8 Å². The summed E-state index contributed by atoms with van der Waals surface area (Å²) < 4.78 is 30.6. The Morgan fingerprint density at radius 2 is 1.90 bits per heavy atom. The van der Waals surface area contributed by atoms with E-state index in [-0.39, 0.29) is 18.5 Å². The third-order valence-corrected chi connectivity index (χ3v) is 7.24. The number of carbonyl (C=O) groups is 1. The molecule has 2 aromatic heterocycles. The van der Waals surface area contributed by atoms with Crippen LogP contribution in [0.25, 0.3) is 0 Å². The van der Waals surface area contributed by atoms with E-state index in [0.717, 1.165) is 32.9 Å². The highest BCUT2D eigenvalue weighted by atomic mass is 32.2. The van der Waals surface area contributed by atoms with Gasteiger partial charge in [-0.1, -0.05) is 6.07 Å². The zero-order valence-corrected chi connectivity index (χ0v) is 23.8. The number of fused-ring (bicyclic) bond motifs is 1. The summed E-state index contributed by atoms with van der Waals surface area (Å²) in [6.45, 7) is 8.76. The largest absolute Gasteiger partial charge is 0.444 e. The third kappa shape index (κ3) is 7.11. The Labute approximate surface area is 228 Å². The van der Waals surface area contributed by atoms with Gasteiger partial charge in [-0.15, -0.1) is 0 Å². The number of hydrogen-bond acceptors (Lipinski definition) is 10. The van der Waals surface area contributed by atoms with Crippen LogP contribution < -0.4 is 14.9 Å². The van der Waals surface area contributed by atoms with Crippen LogP contribution >= 0.6 is 0 Å². The van der Waals surface area contributed by atoms with Crippen molar-refractivity contribution < 1.29 is 17.9 Å². The lowest BCUT2D eigenvalue weighted by molar-refractivity contribution is 0.0224. The molecule has 3 heterocycles. The molecule has 0 spiro atoms. The number of amides is 1. The second-order valence-electron chi connectivity index (χ2n) is 10.4. The second-order valence-corrected chi connectivity index (χ2v) is 12.4. The predicted molar refractivity (Wildman–Crippen MR) is 149 cm³/mol. The van der Waals surface area contributed by atoms with Gasteiger partial charge in [0.05, 0.1) is 12.8 Å². The summed E-state index contributed by atoms with van der Waals surface area (Å²) in [5, 5.41) is 6.47. The molecule has 2 N–H and O–H groups in total. The summed E-state index contributed by atoms with van der Waals surface area (Å²) in [7, 11) is -2.05. The first-order valence-electron chi connectivity index (χ1n) is 12.5. The molecule has 0 unspecified atom stereocenters. The molecule has 4 rings (SSSR count). The quantitative estimate of drug-likeness (QED) is 0.444. The van der Waals surface area contributed by atoms with E-state index in [9.17, 15) is 13.2 Å². The normalized spacial score (nSPS) is 13.4. The van der Waals surface area contributed by atoms with Gasteiger partial charge in [0.25, 0.3) is 0 Å². The minimum atomic E-state index is -3.49. The molecule has 12 nitrogen and oxygen atoms in total. The summed E-state index contributed by atoms with van der Waals surface area (Å²) in [6.07, 6.45) is 6.19. The number of aryl methyl sites for hydroxylation is 1. The van der Waals surface area contributed by atoms with Gasteiger partial charge < -0.3 is 20.3 Å². The maximum Gasteiger partial charge on any atom is 0.410 e. The number of hydrogen-bond donors (Lipinski definition) is 2. The Kier molecular flexibility index (Phi) is 7.91. The molecule has 1 aromatic carbocycles. The summed E-state index contributed by atoms with van der Waals surface area (Å²) in [6, 6.07) is 5.97. The SMILES string of the molecule is Cc1cnc(Nc2ccc3c(c2)CCN(C(=O)OC(C)(C)C)C3)nc1NCc1nccnc1N(C)S(C)(=O)=O. The molecule has 0 fully saturated rings. The number of rotatable bonds is 7. The summed E-state index contributed by atoms with van der Waals surface area (Å²) >= 11 is 0. The van der Waals surface area contributed by atoms with Gasteiger partial charge in [-0.2, -0.15) is 4.98 Å². The summed E-state index contributed by atoms with van der Waals surface area (Å²) in [4.78, 5) is 31.7. The number of sulfonamides is 1. The lowest BCUT2D eigenvalue weighted by Crippen LogP contribution is -2.39. The number of nitrogens with zero attached hydrogens (tertiary/aromatic N) is 6. The molecular formula is C26H34N8O4S. The number of anilines is 4. The zero-order valence-electron chi connectivity index (χ0n) is 23.0. The molecule has 0 aliphatic carbocycles. The Morgan fingerprint density at radius 1 is 1.15 bits per heavy atom. The maximum absolute atomic E-state index is 12.5. The number of nitrogens with one attached hydrogen (secondary N) is 2. The van der Waals surface area contributed by atoms with Gasteiger partial charge in [0, 0.05) is 50.0 Å². The van der Waals surface area contributed by atoms with Crippen LogP contribution in [-0.2, 0) is 34.3 Å². The van der Waals surface area contributed by atoms with Crippen LogP contribution in [0.1, 0.15) is 43.2 Å². The Hall–Kier alpha value is -4.00. The van der Waals surface area contributed by atoms with Crippen molar-refractivity contribution >= 4 is 39.4 Å². The van der Waals surface area contributed by atoms with Crippen molar-refractivity contribution in [3.63, 3.8) is 0 Å². The maximum atomic E-state index is 12.5. The van der Waals surface area contributed by atoms with E-state index in [0.29, 0.717) is 37.0 Å². The molecule has 1 aliphatic heterocycles. The fraction of sp³-hybridized carbons (Fsp3) is 0.423. The van der Waals surface area contributed by atoms with E-state index in [1.165, 1.54) is 19.4 Å². The molecule has 1 aliphatic rings. The van der Waals surface area contributed by atoms with Gasteiger partial charge in [-0.3, -0.25) is 9.29 Å². The number of ether oxygens (including phenoxy) is 1. The molecule has 0 bridgehead atoms. The van der Waals surface area contributed by atoms with Crippen LogP contribution in [0, 0.1) is 6.92 Å². The Morgan fingerprint density at radius 3 is 2.62 bits per heavy atom. The van der Waals surface area contributed by atoms with Crippen molar-refractivity contribution in [3.8, 4) is 0 Å². The van der Waals surface area contributed by atoms with E-state index in [1.54, 1.807) is 11.1 Å². The molecule has 208 valence electrons. The molecule has 1 amide bonds. The molecule has 0 saturated carbocycles. The number of aromatic nitrogens is 4. The second kappa shape index (κ2) is 11.0. The molecular weight excluding hydrogens is 520 g/mol. The topological polar surface area (TPSA) is 143 Å². The lowest BCUT2D eigenvalue weighted by Gasteiger charge is -2.31. The highest BCUT2D eigenvalue weighted by Gasteiger charge is 2.26. The zero-order chi connectivity index (χ0) is 28.4. The van der Waals surface area contributed by atoms with Gasteiger partial charge >= 0.3 is 6.09 Å². The predicted octanol–water partition coefficient (Wildman–Crippen LogP) is 3.62. The monoisotopic (exact) mass is 554 g/mol. The average Bonchev–Trinajstić information content (AvgIpc) is 2.87. The standard InChI is InChI=1S/C26H34N8O4S/c1-17-14-30-24(32-22(17)29-15-21-23(28-11-10-27-21)33(5)39(6,36)37)31-20-8-7-19-16-34(12-9-18(19)13-20)25(35)38-26(2,3)4/h7-8,10-11,13-14H,9,12,15-16H2,1-6H3,(H2,29,30,31,32). The minimum Gasteiger partial charge on any atom is -0.444 e.